The zero-order valence-electron chi connectivity index (χ0n) is 21.0. The van der Waals surface area contributed by atoms with Crippen LogP contribution in [0.1, 0.15) is 37.8 Å². The van der Waals surface area contributed by atoms with Crippen molar-refractivity contribution in [3.63, 3.8) is 0 Å². The number of ether oxygens (including phenoxy) is 1. The van der Waals surface area contributed by atoms with Gasteiger partial charge >= 0.3 is 0 Å². The summed E-state index contributed by atoms with van der Waals surface area (Å²) in [5.41, 5.74) is 5.72. The highest BCUT2D eigenvalue weighted by atomic mass is 32.2. The molecule has 0 saturated carbocycles. The second-order valence-electron chi connectivity index (χ2n) is 8.96. The lowest BCUT2D eigenvalue weighted by molar-refractivity contribution is -0.142. The second-order valence-corrected chi connectivity index (χ2v) is 10.9. The van der Waals surface area contributed by atoms with Crippen LogP contribution in [0.4, 0.5) is 0 Å². The van der Waals surface area contributed by atoms with Gasteiger partial charge in [0.1, 0.15) is 5.75 Å². The van der Waals surface area contributed by atoms with Crippen molar-refractivity contribution in [2.24, 2.45) is 17.8 Å². The molecule has 196 valence electrons. The lowest BCUT2D eigenvalue weighted by atomic mass is 9.82. The van der Waals surface area contributed by atoms with E-state index < -0.39 is 33.7 Å². The summed E-state index contributed by atoms with van der Waals surface area (Å²) in [7, 11) is -2.31. The molecule has 0 bridgehead atoms. The van der Waals surface area contributed by atoms with Crippen molar-refractivity contribution < 1.29 is 28.0 Å². The Morgan fingerprint density at radius 1 is 1.03 bits per heavy atom. The Balaban J connectivity index is 2.28. The maximum absolute atomic E-state index is 13.4. The van der Waals surface area contributed by atoms with Gasteiger partial charge in [0.05, 0.1) is 31.7 Å². The monoisotopic (exact) mass is 517 g/mol. The summed E-state index contributed by atoms with van der Waals surface area (Å²) in [5.74, 6) is -2.50. The highest BCUT2D eigenvalue weighted by Crippen LogP contribution is 2.26. The standard InChI is InChI=1S/C26H35N3O6S/c1-19(2)17-24(23(26(31)28-32)12-8-11-20-9-6-5-7-10-20)25(30)27-29(36(4,33)34)18-21-13-15-22(35-3)16-14-21/h5-11,13-16,19,23-24,32H,12,17-18H2,1-4H3,(H,27,30)(H,28,31)/b11-8+/t23-,24+/m0/s1. The van der Waals surface area contributed by atoms with Crippen LogP contribution in [0.5, 0.6) is 5.75 Å². The fourth-order valence-corrected chi connectivity index (χ4v) is 4.40. The number of benzene rings is 2. The molecular weight excluding hydrogens is 482 g/mol. The van der Waals surface area contributed by atoms with E-state index in [1.165, 1.54) is 7.11 Å². The van der Waals surface area contributed by atoms with Gasteiger partial charge < -0.3 is 4.74 Å². The summed E-state index contributed by atoms with van der Waals surface area (Å²) in [4.78, 5) is 26.0. The van der Waals surface area contributed by atoms with Crippen molar-refractivity contribution in [1.29, 1.82) is 0 Å². The molecule has 0 aliphatic rings. The molecule has 0 spiro atoms. The predicted molar refractivity (Wildman–Crippen MR) is 138 cm³/mol. The highest BCUT2D eigenvalue weighted by Gasteiger charge is 2.35. The third-order valence-corrected chi connectivity index (χ3v) is 6.64. The number of hydrogen-bond donors (Lipinski definition) is 3. The smallest absolute Gasteiger partial charge is 0.247 e. The minimum absolute atomic E-state index is 0.0288. The molecule has 0 fully saturated rings. The van der Waals surface area contributed by atoms with Gasteiger partial charge in [0.15, 0.2) is 0 Å². The molecule has 0 aromatic heterocycles. The molecule has 2 aromatic carbocycles. The van der Waals surface area contributed by atoms with Crippen LogP contribution in [0.3, 0.4) is 0 Å². The minimum atomic E-state index is -3.83. The van der Waals surface area contributed by atoms with Gasteiger partial charge in [-0.1, -0.05) is 68.5 Å². The first-order chi connectivity index (χ1) is 17.0. The van der Waals surface area contributed by atoms with E-state index in [9.17, 15) is 23.2 Å². The molecule has 0 aliphatic carbocycles. The van der Waals surface area contributed by atoms with Gasteiger partial charge in [0.25, 0.3) is 0 Å². The van der Waals surface area contributed by atoms with E-state index in [0.29, 0.717) is 17.7 Å². The molecule has 0 saturated heterocycles. The fourth-order valence-electron chi connectivity index (χ4n) is 3.76. The van der Waals surface area contributed by atoms with Crippen LogP contribution in [-0.2, 0) is 26.2 Å². The van der Waals surface area contributed by atoms with E-state index in [2.05, 4.69) is 5.43 Å². The van der Waals surface area contributed by atoms with E-state index in [1.807, 2.05) is 50.3 Å². The van der Waals surface area contributed by atoms with Crippen LogP contribution >= 0.6 is 0 Å². The third-order valence-electron chi connectivity index (χ3n) is 5.62. The Morgan fingerprint density at radius 3 is 2.19 bits per heavy atom. The number of nitrogens with one attached hydrogen (secondary N) is 2. The number of hydrazine groups is 1. The average Bonchev–Trinajstić information content (AvgIpc) is 2.85. The second kappa shape index (κ2) is 13.8. The maximum atomic E-state index is 13.4. The Morgan fingerprint density at radius 2 is 1.67 bits per heavy atom. The number of hydroxylamine groups is 1. The number of amides is 2. The van der Waals surface area contributed by atoms with Crippen molar-refractivity contribution in [1.82, 2.24) is 15.3 Å². The SMILES string of the molecule is COc1ccc(CN(NC(=O)[C@H](CC(C)C)[C@H](C/C=C/c2ccccc2)C(=O)NO)S(C)(=O)=O)cc1. The Labute approximate surface area is 213 Å². The molecule has 9 nitrogen and oxygen atoms in total. The molecule has 10 heteroatoms. The molecule has 2 atom stereocenters. The van der Waals surface area contributed by atoms with Gasteiger partial charge in [-0.05, 0) is 42.0 Å². The van der Waals surface area contributed by atoms with Crippen molar-refractivity contribution in [2.45, 2.75) is 33.2 Å². The summed E-state index contributed by atoms with van der Waals surface area (Å²) < 4.78 is 31.0. The minimum Gasteiger partial charge on any atom is -0.497 e. The summed E-state index contributed by atoms with van der Waals surface area (Å²) in [6.45, 7) is 3.70. The van der Waals surface area contributed by atoms with Gasteiger partial charge in [0, 0.05) is 0 Å². The van der Waals surface area contributed by atoms with Gasteiger partial charge in [-0.25, -0.2) is 13.9 Å². The molecule has 0 unspecified atom stereocenters. The topological polar surface area (TPSA) is 125 Å². The summed E-state index contributed by atoms with van der Waals surface area (Å²) >= 11 is 0. The number of carbonyl (C=O) groups excluding carboxylic acids is 2. The van der Waals surface area contributed by atoms with Crippen LogP contribution in [0.15, 0.2) is 60.7 Å². The molecule has 0 aliphatic heterocycles. The number of allylic oxidation sites excluding steroid dienone is 1. The number of nitrogens with zero attached hydrogens (tertiary/aromatic N) is 1. The first-order valence-electron chi connectivity index (χ1n) is 11.6. The number of sulfonamides is 1. The largest absolute Gasteiger partial charge is 0.497 e. The van der Waals surface area contributed by atoms with Crippen molar-refractivity contribution in [3.8, 4) is 5.75 Å². The average molecular weight is 518 g/mol. The van der Waals surface area contributed by atoms with E-state index >= 15 is 0 Å². The van der Waals surface area contributed by atoms with Crippen molar-refractivity contribution in [3.05, 3.63) is 71.8 Å². The number of rotatable bonds is 13. The van der Waals surface area contributed by atoms with E-state index in [-0.39, 0.29) is 18.9 Å². The molecule has 2 amide bonds. The van der Waals surface area contributed by atoms with E-state index in [0.717, 1.165) is 16.2 Å². The number of hydrogen-bond acceptors (Lipinski definition) is 6. The third kappa shape index (κ3) is 9.10. The van der Waals surface area contributed by atoms with Crippen LogP contribution in [0, 0.1) is 17.8 Å². The fraction of sp³-hybridized carbons (Fsp3) is 0.385. The van der Waals surface area contributed by atoms with Gasteiger partial charge in [-0.15, -0.1) is 4.41 Å². The quantitative estimate of drug-likeness (QED) is 0.276. The Bertz CT molecular complexity index is 1120. The highest BCUT2D eigenvalue weighted by molar-refractivity contribution is 7.88. The van der Waals surface area contributed by atoms with Crippen LogP contribution in [0.2, 0.25) is 0 Å². The first kappa shape index (κ1) is 29.0. The van der Waals surface area contributed by atoms with Crippen LogP contribution in [-0.4, -0.2) is 43.2 Å². The van der Waals surface area contributed by atoms with Crippen LogP contribution in [0.25, 0.3) is 6.08 Å². The zero-order chi connectivity index (χ0) is 26.7. The molecule has 0 radical (unpaired) electrons. The lowest BCUT2D eigenvalue weighted by Gasteiger charge is -2.28. The summed E-state index contributed by atoms with van der Waals surface area (Å²) in [5, 5.41) is 9.36. The first-order valence-corrected chi connectivity index (χ1v) is 13.5. The molecule has 0 heterocycles. The van der Waals surface area contributed by atoms with Crippen LogP contribution < -0.4 is 15.6 Å². The number of carbonyl (C=O) groups is 2. The lowest BCUT2D eigenvalue weighted by Crippen LogP contribution is -2.50. The van der Waals surface area contributed by atoms with Crippen molar-refractivity contribution in [2.75, 3.05) is 13.4 Å². The Kier molecular flexibility index (Phi) is 11.1. The van der Waals surface area contributed by atoms with Gasteiger partial charge in [-0.3, -0.25) is 20.2 Å². The van der Waals surface area contributed by atoms with Gasteiger partial charge in [0.2, 0.25) is 21.8 Å². The van der Waals surface area contributed by atoms with E-state index in [4.69, 9.17) is 4.74 Å². The summed E-state index contributed by atoms with van der Waals surface area (Å²) in [6.07, 6.45) is 5.07. The number of methoxy groups -OCH3 is 1. The van der Waals surface area contributed by atoms with Gasteiger partial charge in [-0.2, -0.15) is 0 Å². The van der Waals surface area contributed by atoms with Crippen molar-refractivity contribution >= 4 is 27.9 Å². The maximum Gasteiger partial charge on any atom is 0.247 e. The molecule has 2 aromatic rings. The summed E-state index contributed by atoms with van der Waals surface area (Å²) in [6, 6.07) is 16.3. The normalized spacial score (nSPS) is 13.5. The predicted octanol–water partition coefficient (Wildman–Crippen LogP) is 3.38. The zero-order valence-corrected chi connectivity index (χ0v) is 21.9. The van der Waals surface area contributed by atoms with E-state index in [1.54, 1.807) is 35.8 Å². The molecule has 2 rings (SSSR count). The molecular formula is C26H35N3O6S. The molecule has 36 heavy (non-hydrogen) atoms. The Hall–Kier alpha value is -3.21. The molecule has 3 N–H and O–H groups in total.